The zero-order valence-electron chi connectivity index (χ0n) is 15.1. The minimum Gasteiger partial charge on any atom is -0.496 e. The highest BCUT2D eigenvalue weighted by Crippen LogP contribution is 2.49. The molecule has 1 amide bonds. The van der Waals surface area contributed by atoms with E-state index in [1.54, 1.807) is 7.11 Å². The van der Waals surface area contributed by atoms with Crippen LogP contribution >= 0.6 is 11.6 Å². The van der Waals surface area contributed by atoms with Crippen molar-refractivity contribution in [1.29, 1.82) is 0 Å². The molecule has 132 valence electrons. The van der Waals surface area contributed by atoms with Gasteiger partial charge in [0.2, 0.25) is 0 Å². The second kappa shape index (κ2) is 6.16. The summed E-state index contributed by atoms with van der Waals surface area (Å²) < 4.78 is 12.1. The lowest BCUT2D eigenvalue weighted by Crippen LogP contribution is -2.46. The van der Waals surface area contributed by atoms with Gasteiger partial charge in [0, 0.05) is 21.8 Å². The van der Waals surface area contributed by atoms with Crippen LogP contribution in [-0.4, -0.2) is 21.3 Å². The fourth-order valence-electron chi connectivity index (χ4n) is 3.23. The fourth-order valence-corrected chi connectivity index (χ4v) is 4.62. The van der Waals surface area contributed by atoms with Crippen LogP contribution in [0.3, 0.4) is 0 Å². The molecule has 0 fully saturated rings. The Morgan fingerprint density at radius 2 is 1.80 bits per heavy atom. The van der Waals surface area contributed by atoms with Crippen LogP contribution in [-0.2, 0) is 14.8 Å². The van der Waals surface area contributed by atoms with Gasteiger partial charge in [-0.1, -0.05) is 29.8 Å². The summed E-state index contributed by atoms with van der Waals surface area (Å²) >= 11 is 6.39. The maximum absolute atomic E-state index is 13.2. The minimum absolute atomic E-state index is 0.212. The second-order valence-electron chi connectivity index (χ2n) is 7.20. The zero-order valence-corrected chi connectivity index (χ0v) is 16.8. The minimum atomic E-state index is -2.11. The second-order valence-corrected chi connectivity index (χ2v) is 12.0. The van der Waals surface area contributed by atoms with Crippen LogP contribution in [0.2, 0.25) is 24.7 Å². The van der Waals surface area contributed by atoms with Crippen molar-refractivity contribution in [2.24, 2.45) is 0 Å². The highest BCUT2D eigenvalue weighted by Gasteiger charge is 2.53. The maximum Gasteiger partial charge on any atom is 0.265 e. The number of hydrogen-bond acceptors (Lipinski definition) is 3. The van der Waals surface area contributed by atoms with Crippen molar-refractivity contribution < 1.29 is 14.0 Å². The molecular weight excluding hydrogens is 354 g/mol. The van der Waals surface area contributed by atoms with Crippen LogP contribution in [0.1, 0.15) is 16.7 Å². The van der Waals surface area contributed by atoms with Gasteiger partial charge in [0.25, 0.3) is 5.91 Å². The highest BCUT2D eigenvalue weighted by atomic mass is 35.5. The summed E-state index contributed by atoms with van der Waals surface area (Å²) in [5.74, 6) is 0.400. The molecule has 2 aromatic rings. The van der Waals surface area contributed by atoms with E-state index in [2.05, 4.69) is 25.0 Å². The molecule has 1 heterocycles. The average Bonchev–Trinajstić information content (AvgIpc) is 2.79. The summed E-state index contributed by atoms with van der Waals surface area (Å²) in [6, 6.07) is 11.2. The van der Waals surface area contributed by atoms with Gasteiger partial charge >= 0.3 is 0 Å². The Hall–Kier alpha value is -1.82. The molecule has 0 aromatic heterocycles. The summed E-state index contributed by atoms with van der Waals surface area (Å²) in [4.78, 5) is 13.2. The van der Waals surface area contributed by atoms with Crippen molar-refractivity contribution in [3.05, 3.63) is 58.1 Å². The number of ether oxygens (including phenoxy) is 1. The summed E-state index contributed by atoms with van der Waals surface area (Å²) in [5.41, 5.74) is 1.81. The summed E-state index contributed by atoms with van der Waals surface area (Å²) in [5, 5.41) is 3.58. The predicted molar refractivity (Wildman–Crippen MR) is 103 cm³/mol. The molecule has 2 aromatic carbocycles. The standard InChI is InChI=1S/C19H22ClNO3Si/c1-12-10-16-14(11-15(12)20)19(18(22)21-16,24-25(3,4)5)13-8-6-7-9-17(13)23-2/h6-11H,1-5H3,(H,21,22). The van der Waals surface area contributed by atoms with Gasteiger partial charge in [-0.05, 0) is 50.3 Å². The SMILES string of the molecule is COc1ccccc1C1(O[Si](C)(C)C)C(=O)Nc2cc(C)c(Cl)cc21. The largest absolute Gasteiger partial charge is 0.496 e. The molecule has 6 heteroatoms. The molecule has 4 nitrogen and oxygen atoms in total. The number of fused-ring (bicyclic) bond motifs is 1. The van der Waals surface area contributed by atoms with Gasteiger partial charge in [0.15, 0.2) is 13.9 Å². The van der Waals surface area contributed by atoms with E-state index < -0.39 is 13.9 Å². The first-order valence-corrected chi connectivity index (χ1v) is 11.9. The number of methoxy groups -OCH3 is 1. The number of benzene rings is 2. The molecule has 0 spiro atoms. The van der Waals surface area contributed by atoms with Crippen LogP contribution in [0.15, 0.2) is 36.4 Å². The quantitative estimate of drug-likeness (QED) is 0.787. The predicted octanol–water partition coefficient (Wildman–Crippen LogP) is 4.70. The van der Waals surface area contributed by atoms with Gasteiger partial charge < -0.3 is 14.5 Å². The van der Waals surface area contributed by atoms with E-state index in [1.165, 1.54) is 0 Å². The Morgan fingerprint density at radius 1 is 1.12 bits per heavy atom. The van der Waals surface area contributed by atoms with Crippen LogP contribution in [0.25, 0.3) is 0 Å². The lowest BCUT2D eigenvalue weighted by molar-refractivity contribution is -0.128. The molecule has 25 heavy (non-hydrogen) atoms. The summed E-state index contributed by atoms with van der Waals surface area (Å²) in [6.45, 7) is 8.10. The molecular formula is C19H22ClNO3Si. The third-order valence-corrected chi connectivity index (χ3v) is 5.52. The van der Waals surface area contributed by atoms with Gasteiger partial charge in [-0.2, -0.15) is 0 Å². The molecule has 0 bridgehead atoms. The number of nitrogens with one attached hydrogen (secondary N) is 1. The third kappa shape index (κ3) is 2.97. The lowest BCUT2D eigenvalue weighted by Gasteiger charge is -2.35. The number of carbonyl (C=O) groups is 1. The normalized spacial score (nSPS) is 19.5. The van der Waals surface area contributed by atoms with Gasteiger partial charge in [0.05, 0.1) is 7.11 Å². The van der Waals surface area contributed by atoms with Gasteiger partial charge in [-0.25, -0.2) is 0 Å². The number of halogens is 1. The average molecular weight is 376 g/mol. The summed E-state index contributed by atoms with van der Waals surface area (Å²) in [7, 11) is -0.520. The van der Waals surface area contributed by atoms with Crippen molar-refractivity contribution >= 4 is 31.5 Å². The van der Waals surface area contributed by atoms with Crippen molar-refractivity contribution in [1.82, 2.24) is 0 Å². The van der Waals surface area contributed by atoms with E-state index in [9.17, 15) is 4.79 Å². The van der Waals surface area contributed by atoms with Crippen LogP contribution in [0.4, 0.5) is 5.69 Å². The fraction of sp³-hybridized carbons (Fsp3) is 0.316. The van der Waals surface area contributed by atoms with E-state index in [0.29, 0.717) is 16.3 Å². The molecule has 1 aliphatic rings. The van der Waals surface area contributed by atoms with Gasteiger partial charge in [0.1, 0.15) is 5.75 Å². The molecule has 3 rings (SSSR count). The Morgan fingerprint density at radius 3 is 2.44 bits per heavy atom. The zero-order chi connectivity index (χ0) is 18.4. The molecule has 0 saturated heterocycles. The number of anilines is 1. The number of rotatable bonds is 4. The molecule has 1 N–H and O–H groups in total. The van der Waals surface area contributed by atoms with Gasteiger partial charge in [-0.3, -0.25) is 4.79 Å². The Labute approximate surface area is 154 Å². The number of carbonyl (C=O) groups excluding carboxylic acids is 1. The van der Waals surface area contributed by atoms with Crippen molar-refractivity contribution in [3.63, 3.8) is 0 Å². The van der Waals surface area contributed by atoms with E-state index in [0.717, 1.165) is 16.8 Å². The highest BCUT2D eigenvalue weighted by molar-refractivity contribution is 6.70. The third-order valence-electron chi connectivity index (χ3n) is 4.19. The van der Waals surface area contributed by atoms with Crippen molar-refractivity contribution in [2.75, 3.05) is 12.4 Å². The molecule has 1 aliphatic heterocycles. The molecule has 1 unspecified atom stereocenters. The Balaban J connectivity index is 2.35. The maximum atomic E-state index is 13.2. The monoisotopic (exact) mass is 375 g/mol. The van der Waals surface area contributed by atoms with E-state index >= 15 is 0 Å². The molecule has 0 saturated carbocycles. The molecule has 0 radical (unpaired) electrons. The molecule has 0 aliphatic carbocycles. The number of hydrogen-bond donors (Lipinski definition) is 1. The number of para-hydroxylation sites is 1. The first-order valence-electron chi connectivity index (χ1n) is 8.15. The lowest BCUT2D eigenvalue weighted by atomic mass is 9.86. The van der Waals surface area contributed by atoms with Crippen LogP contribution in [0, 0.1) is 6.92 Å². The molecule has 1 atom stereocenters. The van der Waals surface area contributed by atoms with Crippen LogP contribution in [0.5, 0.6) is 5.75 Å². The van der Waals surface area contributed by atoms with E-state index in [-0.39, 0.29) is 5.91 Å². The van der Waals surface area contributed by atoms with Crippen LogP contribution < -0.4 is 10.1 Å². The first-order chi connectivity index (χ1) is 11.7. The first kappa shape index (κ1) is 18.0. The number of aryl methyl sites for hydroxylation is 1. The van der Waals surface area contributed by atoms with E-state index in [1.807, 2.05) is 43.3 Å². The topological polar surface area (TPSA) is 47.6 Å². The smallest absolute Gasteiger partial charge is 0.265 e. The van der Waals surface area contributed by atoms with Gasteiger partial charge in [-0.15, -0.1) is 0 Å². The summed E-state index contributed by atoms with van der Waals surface area (Å²) in [6.07, 6.45) is 0. The van der Waals surface area contributed by atoms with Crippen molar-refractivity contribution in [3.8, 4) is 5.75 Å². The Bertz CT molecular complexity index is 847. The number of amides is 1. The van der Waals surface area contributed by atoms with E-state index in [4.69, 9.17) is 20.8 Å². The Kier molecular flexibility index (Phi) is 4.43. The van der Waals surface area contributed by atoms with Crippen molar-refractivity contribution in [2.45, 2.75) is 32.2 Å².